The van der Waals surface area contributed by atoms with Crippen molar-refractivity contribution in [1.29, 1.82) is 0 Å². The van der Waals surface area contributed by atoms with Crippen LogP contribution < -0.4 is 5.73 Å². The van der Waals surface area contributed by atoms with Gasteiger partial charge < -0.3 is 10.3 Å². The van der Waals surface area contributed by atoms with Gasteiger partial charge in [-0.05, 0) is 18.4 Å². The monoisotopic (exact) mass is 337 g/mol. The highest BCUT2D eigenvalue weighted by molar-refractivity contribution is 7.92. The van der Waals surface area contributed by atoms with Crippen LogP contribution in [0.5, 0.6) is 0 Å². The fourth-order valence-corrected chi connectivity index (χ4v) is 3.57. The number of aromatic nitrogens is 2. The second-order valence-electron chi connectivity index (χ2n) is 3.86. The molecule has 20 heavy (non-hydrogen) atoms. The van der Waals surface area contributed by atoms with Gasteiger partial charge in [0.1, 0.15) is 15.9 Å². The minimum atomic E-state index is -3.49. The summed E-state index contributed by atoms with van der Waals surface area (Å²) in [5.41, 5.74) is 5.10. The van der Waals surface area contributed by atoms with Gasteiger partial charge in [0, 0.05) is 0 Å². The number of rotatable bonds is 5. The van der Waals surface area contributed by atoms with E-state index in [2.05, 4.69) is 10.1 Å². The van der Waals surface area contributed by atoms with E-state index in [0.717, 1.165) is 11.3 Å². The average Bonchev–Trinajstić information content (AvgIpc) is 2.97. The van der Waals surface area contributed by atoms with E-state index in [1.807, 2.05) is 0 Å². The maximum absolute atomic E-state index is 12.0. The van der Waals surface area contributed by atoms with Crippen LogP contribution >= 0.6 is 23.7 Å². The summed E-state index contributed by atoms with van der Waals surface area (Å²) < 4.78 is 29.0. The maximum Gasteiger partial charge on any atom is 0.238 e. The number of sulfone groups is 1. The zero-order valence-electron chi connectivity index (χ0n) is 10.3. The molecular formula is C10H12ClN3O4S2. The zero-order chi connectivity index (χ0) is 14.0. The highest BCUT2D eigenvalue weighted by Crippen LogP contribution is 2.21. The summed E-state index contributed by atoms with van der Waals surface area (Å²) in [5.74, 6) is -1.70. The van der Waals surface area contributed by atoms with Gasteiger partial charge >= 0.3 is 0 Å². The lowest BCUT2D eigenvalue weighted by Crippen LogP contribution is -2.19. The van der Waals surface area contributed by atoms with Crippen molar-refractivity contribution in [1.82, 2.24) is 10.1 Å². The number of amides is 1. The highest BCUT2D eigenvalue weighted by Gasteiger charge is 2.23. The van der Waals surface area contributed by atoms with E-state index in [1.54, 1.807) is 11.4 Å². The number of thiophene rings is 1. The largest absolute Gasteiger partial charge is 0.369 e. The van der Waals surface area contributed by atoms with E-state index in [0.29, 0.717) is 0 Å². The Balaban J connectivity index is 0.00000200. The summed E-state index contributed by atoms with van der Waals surface area (Å²) in [6.45, 7) is 1.51. The summed E-state index contributed by atoms with van der Waals surface area (Å²) >= 11 is 1.12. The third-order valence-electron chi connectivity index (χ3n) is 2.40. The van der Waals surface area contributed by atoms with Crippen LogP contribution in [0.15, 0.2) is 26.2 Å². The first-order valence-electron chi connectivity index (χ1n) is 5.28. The molecule has 2 N–H and O–H groups in total. The lowest BCUT2D eigenvalue weighted by molar-refractivity contribution is -0.119. The Kier molecular flexibility index (Phi) is 5.26. The Labute approximate surface area is 125 Å². The standard InChI is InChI=1S/C10H11N3O4S2.ClH/c1-6(9(11)14)10-12-7(13-17-10)5-19(15,16)8-3-2-4-18-8;/h2-4,6H,5H2,1H3,(H2,11,14);1H. The van der Waals surface area contributed by atoms with Crippen LogP contribution in [0.3, 0.4) is 0 Å². The lowest BCUT2D eigenvalue weighted by atomic mass is 10.2. The number of carbonyl (C=O) groups excluding carboxylic acids is 1. The molecule has 110 valence electrons. The van der Waals surface area contributed by atoms with E-state index in [1.165, 1.54) is 13.0 Å². The van der Waals surface area contributed by atoms with Crippen LogP contribution in [-0.2, 0) is 20.4 Å². The van der Waals surface area contributed by atoms with Crippen molar-refractivity contribution in [2.75, 3.05) is 0 Å². The Bertz CT molecular complexity index is 681. The van der Waals surface area contributed by atoms with Crippen molar-refractivity contribution in [3.05, 3.63) is 29.2 Å². The molecule has 2 aromatic heterocycles. The summed E-state index contributed by atoms with van der Waals surface area (Å²) in [7, 11) is -3.49. The molecule has 0 aromatic carbocycles. The quantitative estimate of drug-likeness (QED) is 0.873. The van der Waals surface area contributed by atoms with Gasteiger partial charge in [-0.3, -0.25) is 4.79 Å². The summed E-state index contributed by atoms with van der Waals surface area (Å²) in [4.78, 5) is 14.8. The smallest absolute Gasteiger partial charge is 0.238 e. The summed E-state index contributed by atoms with van der Waals surface area (Å²) in [5, 5.41) is 5.22. The summed E-state index contributed by atoms with van der Waals surface area (Å²) in [6, 6.07) is 3.15. The molecule has 0 saturated carbocycles. The lowest BCUT2D eigenvalue weighted by Gasteiger charge is -1.98. The summed E-state index contributed by atoms with van der Waals surface area (Å²) in [6.07, 6.45) is 0. The number of primary amides is 1. The van der Waals surface area contributed by atoms with Crippen LogP contribution in [0, 0.1) is 0 Å². The van der Waals surface area contributed by atoms with E-state index < -0.39 is 21.7 Å². The molecule has 7 nitrogen and oxygen atoms in total. The molecule has 10 heteroatoms. The molecule has 0 fully saturated rings. The average molecular weight is 338 g/mol. The van der Waals surface area contributed by atoms with Gasteiger partial charge in [-0.15, -0.1) is 23.7 Å². The number of nitrogens with zero attached hydrogens (tertiary/aromatic N) is 2. The van der Waals surface area contributed by atoms with Crippen LogP contribution in [0.1, 0.15) is 24.6 Å². The molecule has 0 saturated heterocycles. The predicted octanol–water partition coefficient (Wildman–Crippen LogP) is 1.12. The third kappa shape index (κ3) is 3.56. The molecular weight excluding hydrogens is 326 g/mol. The molecule has 1 atom stereocenters. The van der Waals surface area contributed by atoms with Gasteiger partial charge in [0.05, 0.1) is 0 Å². The van der Waals surface area contributed by atoms with E-state index in [9.17, 15) is 13.2 Å². The van der Waals surface area contributed by atoms with E-state index in [4.69, 9.17) is 10.3 Å². The SMILES string of the molecule is CC(C(N)=O)c1nc(CS(=O)(=O)c2cccs2)no1.Cl. The van der Waals surface area contributed by atoms with Crippen molar-refractivity contribution >= 4 is 39.5 Å². The van der Waals surface area contributed by atoms with Gasteiger partial charge in [0.2, 0.25) is 11.8 Å². The van der Waals surface area contributed by atoms with Gasteiger partial charge in [-0.25, -0.2) is 8.42 Å². The highest BCUT2D eigenvalue weighted by atomic mass is 35.5. The maximum atomic E-state index is 12.0. The first-order chi connectivity index (χ1) is 8.90. The minimum absolute atomic E-state index is 0. The van der Waals surface area contributed by atoms with E-state index in [-0.39, 0.29) is 34.1 Å². The van der Waals surface area contributed by atoms with Crippen LogP contribution in [-0.4, -0.2) is 24.5 Å². The number of hydrogen-bond acceptors (Lipinski definition) is 7. The molecule has 1 amide bonds. The van der Waals surface area contributed by atoms with Crippen LogP contribution in [0.4, 0.5) is 0 Å². The molecule has 2 heterocycles. The first kappa shape index (κ1) is 16.6. The number of carbonyl (C=O) groups is 1. The van der Waals surface area contributed by atoms with Crippen LogP contribution in [0.25, 0.3) is 0 Å². The molecule has 0 radical (unpaired) electrons. The van der Waals surface area contributed by atoms with Crippen LogP contribution in [0.2, 0.25) is 0 Å². The minimum Gasteiger partial charge on any atom is -0.369 e. The second-order valence-corrected chi connectivity index (χ2v) is 7.03. The molecule has 0 bridgehead atoms. The van der Waals surface area contributed by atoms with Crippen molar-refractivity contribution in [3.8, 4) is 0 Å². The van der Waals surface area contributed by atoms with Gasteiger partial charge in [0.15, 0.2) is 15.7 Å². The van der Waals surface area contributed by atoms with Crippen molar-refractivity contribution in [3.63, 3.8) is 0 Å². The van der Waals surface area contributed by atoms with Crippen molar-refractivity contribution < 1.29 is 17.7 Å². The zero-order valence-corrected chi connectivity index (χ0v) is 12.8. The fraction of sp³-hybridized carbons (Fsp3) is 0.300. The topological polar surface area (TPSA) is 116 Å². The predicted molar refractivity (Wildman–Crippen MR) is 74.4 cm³/mol. The molecule has 0 aliphatic heterocycles. The van der Waals surface area contributed by atoms with Gasteiger partial charge in [-0.1, -0.05) is 11.2 Å². The number of nitrogens with two attached hydrogens (primary N) is 1. The Morgan fingerprint density at radius 1 is 1.55 bits per heavy atom. The molecule has 2 rings (SSSR count). The molecule has 0 spiro atoms. The molecule has 0 aliphatic rings. The molecule has 0 aliphatic carbocycles. The van der Waals surface area contributed by atoms with E-state index >= 15 is 0 Å². The second kappa shape index (κ2) is 6.33. The third-order valence-corrected chi connectivity index (χ3v) is 5.50. The first-order valence-corrected chi connectivity index (χ1v) is 7.81. The molecule has 2 aromatic rings. The van der Waals surface area contributed by atoms with Crippen molar-refractivity contribution in [2.24, 2.45) is 5.73 Å². The fourth-order valence-electron chi connectivity index (χ4n) is 1.31. The Hall–Kier alpha value is -1.45. The number of hydrogen-bond donors (Lipinski definition) is 1. The van der Waals surface area contributed by atoms with Gasteiger partial charge in [0.25, 0.3) is 0 Å². The molecule has 1 unspecified atom stereocenters. The number of halogens is 1. The normalized spacial score (nSPS) is 12.7. The van der Waals surface area contributed by atoms with Crippen molar-refractivity contribution in [2.45, 2.75) is 22.8 Å². The Morgan fingerprint density at radius 3 is 2.80 bits per heavy atom. The Morgan fingerprint density at radius 2 is 2.25 bits per heavy atom. The van der Waals surface area contributed by atoms with Gasteiger partial charge in [-0.2, -0.15) is 4.98 Å².